The zero-order valence-electron chi connectivity index (χ0n) is 19.5. The van der Waals surface area contributed by atoms with Crippen molar-refractivity contribution in [2.75, 3.05) is 51.5 Å². The van der Waals surface area contributed by atoms with Gasteiger partial charge >= 0.3 is 0 Å². The summed E-state index contributed by atoms with van der Waals surface area (Å²) in [6.07, 6.45) is 1.07. The van der Waals surface area contributed by atoms with E-state index in [2.05, 4.69) is 69.9 Å². The normalized spacial score (nSPS) is 18.5. The quantitative estimate of drug-likeness (QED) is 0.304. The third kappa shape index (κ3) is 7.48. The van der Waals surface area contributed by atoms with Crippen molar-refractivity contribution in [3.8, 4) is 5.75 Å². The highest BCUT2D eigenvalue weighted by Gasteiger charge is 2.19. The van der Waals surface area contributed by atoms with Gasteiger partial charge in [0.2, 0.25) is 0 Å². The Bertz CT molecular complexity index is 895. The lowest BCUT2D eigenvalue weighted by molar-refractivity contribution is 0.122. The fraction of sp³-hybridized carbons (Fsp3) is 0.480. The van der Waals surface area contributed by atoms with E-state index in [4.69, 9.17) is 14.2 Å². The third-order valence-corrected chi connectivity index (χ3v) is 5.85. The first kappa shape index (κ1) is 25.6. The molecule has 180 valence electrons. The van der Waals surface area contributed by atoms with Gasteiger partial charge in [0.1, 0.15) is 11.9 Å². The highest BCUT2D eigenvalue weighted by atomic mass is 127. The largest absolute Gasteiger partial charge is 0.488 e. The number of halogens is 1. The van der Waals surface area contributed by atoms with Crippen molar-refractivity contribution < 1.29 is 14.2 Å². The minimum absolute atomic E-state index is 0. The molecule has 0 spiro atoms. The fourth-order valence-electron chi connectivity index (χ4n) is 3.93. The zero-order valence-corrected chi connectivity index (χ0v) is 21.8. The molecule has 2 aromatic rings. The number of anilines is 1. The molecule has 2 fully saturated rings. The van der Waals surface area contributed by atoms with Crippen molar-refractivity contribution in [2.45, 2.75) is 32.5 Å². The van der Waals surface area contributed by atoms with Gasteiger partial charge in [-0.3, -0.25) is 4.99 Å². The lowest BCUT2D eigenvalue weighted by atomic mass is 10.1. The summed E-state index contributed by atoms with van der Waals surface area (Å²) in [7, 11) is 1.79. The van der Waals surface area contributed by atoms with Gasteiger partial charge in [-0.2, -0.15) is 0 Å². The number of hydrogen-bond donors (Lipinski definition) is 2. The first-order valence-electron chi connectivity index (χ1n) is 11.4. The van der Waals surface area contributed by atoms with Crippen LogP contribution in [0.2, 0.25) is 0 Å². The molecule has 0 aliphatic carbocycles. The molecule has 0 saturated carbocycles. The maximum Gasteiger partial charge on any atom is 0.191 e. The van der Waals surface area contributed by atoms with Crippen LogP contribution in [0.1, 0.15) is 23.1 Å². The SMILES string of the molecule is CN=C(NCc1ccc(N2CCOCC2)cc1)NCc1ccc(C)cc1OC1CCOC1.I. The van der Waals surface area contributed by atoms with E-state index in [9.17, 15) is 0 Å². The minimum atomic E-state index is 0. The van der Waals surface area contributed by atoms with Crippen molar-refractivity contribution >= 4 is 35.6 Å². The van der Waals surface area contributed by atoms with E-state index < -0.39 is 0 Å². The number of nitrogens with zero attached hydrogens (tertiary/aromatic N) is 2. The van der Waals surface area contributed by atoms with Crippen LogP contribution < -0.4 is 20.3 Å². The number of rotatable bonds is 7. The van der Waals surface area contributed by atoms with Crippen molar-refractivity contribution in [3.63, 3.8) is 0 Å². The summed E-state index contributed by atoms with van der Waals surface area (Å²) < 4.78 is 17.1. The number of benzene rings is 2. The second kappa shape index (κ2) is 13.0. The van der Waals surface area contributed by atoms with Crippen LogP contribution in [0.5, 0.6) is 5.75 Å². The summed E-state index contributed by atoms with van der Waals surface area (Å²) in [6, 6.07) is 15.0. The number of aryl methyl sites for hydroxylation is 1. The molecule has 0 amide bonds. The Morgan fingerprint density at radius 3 is 2.48 bits per heavy atom. The molecule has 0 aromatic heterocycles. The Balaban J connectivity index is 0.00000306. The lowest BCUT2D eigenvalue weighted by Crippen LogP contribution is -2.37. The van der Waals surface area contributed by atoms with Crippen LogP contribution in [-0.2, 0) is 22.6 Å². The molecule has 2 aliphatic rings. The van der Waals surface area contributed by atoms with Gasteiger partial charge in [-0.1, -0.05) is 24.3 Å². The van der Waals surface area contributed by atoms with Crippen LogP contribution in [-0.4, -0.2) is 58.6 Å². The van der Waals surface area contributed by atoms with E-state index in [1.165, 1.54) is 16.8 Å². The van der Waals surface area contributed by atoms with Crippen LogP contribution in [0.3, 0.4) is 0 Å². The molecule has 7 nitrogen and oxygen atoms in total. The molecule has 8 heteroatoms. The third-order valence-electron chi connectivity index (χ3n) is 5.85. The molecule has 2 heterocycles. The maximum absolute atomic E-state index is 6.21. The number of ether oxygens (including phenoxy) is 3. The molecule has 2 N–H and O–H groups in total. The average Bonchev–Trinajstić information content (AvgIpc) is 3.34. The monoisotopic (exact) mass is 566 g/mol. The van der Waals surface area contributed by atoms with E-state index in [1.54, 1.807) is 7.05 Å². The number of hydrogen-bond acceptors (Lipinski definition) is 5. The Labute approximate surface area is 213 Å². The van der Waals surface area contributed by atoms with E-state index in [0.717, 1.165) is 56.6 Å². The van der Waals surface area contributed by atoms with Gasteiger partial charge in [0.15, 0.2) is 5.96 Å². The van der Waals surface area contributed by atoms with E-state index in [-0.39, 0.29) is 30.1 Å². The number of guanidine groups is 1. The van der Waals surface area contributed by atoms with Crippen LogP contribution >= 0.6 is 24.0 Å². The first-order valence-corrected chi connectivity index (χ1v) is 11.4. The Hall–Kier alpha value is -2.04. The van der Waals surface area contributed by atoms with Gasteiger partial charge in [-0.05, 0) is 36.2 Å². The summed E-state index contributed by atoms with van der Waals surface area (Å²) in [4.78, 5) is 6.73. The summed E-state index contributed by atoms with van der Waals surface area (Å²) in [5, 5.41) is 6.81. The Morgan fingerprint density at radius 1 is 1.03 bits per heavy atom. The second-order valence-electron chi connectivity index (χ2n) is 8.26. The van der Waals surface area contributed by atoms with Crippen molar-refractivity contribution in [1.29, 1.82) is 0 Å². The van der Waals surface area contributed by atoms with Gasteiger partial charge in [0, 0.05) is 50.9 Å². The van der Waals surface area contributed by atoms with E-state index in [0.29, 0.717) is 19.7 Å². The molecule has 4 rings (SSSR count). The number of morpholine rings is 1. The molecule has 1 atom stereocenters. The smallest absolute Gasteiger partial charge is 0.191 e. The minimum Gasteiger partial charge on any atom is -0.488 e. The molecule has 2 aromatic carbocycles. The van der Waals surface area contributed by atoms with Crippen molar-refractivity contribution in [3.05, 3.63) is 59.2 Å². The first-order chi connectivity index (χ1) is 15.7. The Kier molecular flexibility index (Phi) is 10.1. The van der Waals surface area contributed by atoms with Gasteiger partial charge in [-0.15, -0.1) is 24.0 Å². The summed E-state index contributed by atoms with van der Waals surface area (Å²) in [5.74, 6) is 1.68. The van der Waals surface area contributed by atoms with Gasteiger partial charge in [0.25, 0.3) is 0 Å². The summed E-state index contributed by atoms with van der Waals surface area (Å²) in [6.45, 7) is 8.36. The Morgan fingerprint density at radius 2 is 1.79 bits per heavy atom. The topological polar surface area (TPSA) is 67.4 Å². The predicted molar refractivity (Wildman–Crippen MR) is 143 cm³/mol. The molecule has 0 radical (unpaired) electrons. The van der Waals surface area contributed by atoms with Crippen molar-refractivity contribution in [2.24, 2.45) is 4.99 Å². The fourth-order valence-corrected chi connectivity index (χ4v) is 3.93. The zero-order chi connectivity index (χ0) is 22.2. The van der Waals surface area contributed by atoms with E-state index >= 15 is 0 Å². The predicted octanol–water partition coefficient (Wildman–Crippen LogP) is 3.48. The molecule has 1 unspecified atom stereocenters. The van der Waals surface area contributed by atoms with E-state index in [1.807, 2.05) is 0 Å². The number of aliphatic imine (C=N–C) groups is 1. The molecule has 2 aliphatic heterocycles. The lowest BCUT2D eigenvalue weighted by Gasteiger charge is -2.29. The molecule has 2 saturated heterocycles. The van der Waals surface area contributed by atoms with Gasteiger partial charge < -0.3 is 29.7 Å². The summed E-state index contributed by atoms with van der Waals surface area (Å²) >= 11 is 0. The standard InChI is InChI=1S/C25H34N4O3.HI/c1-19-3-6-21(24(15-19)32-23-9-12-31-18-23)17-28-25(26-2)27-16-20-4-7-22(8-5-20)29-10-13-30-14-11-29;/h3-8,15,23H,9-14,16-18H2,1-2H3,(H2,26,27,28);1H. The molecular formula is C25H35IN4O3. The molecule has 0 bridgehead atoms. The number of nitrogens with one attached hydrogen (secondary N) is 2. The highest BCUT2D eigenvalue weighted by molar-refractivity contribution is 14.0. The van der Waals surface area contributed by atoms with Crippen LogP contribution in [0, 0.1) is 6.92 Å². The second-order valence-corrected chi connectivity index (χ2v) is 8.26. The van der Waals surface area contributed by atoms with Crippen LogP contribution in [0.25, 0.3) is 0 Å². The molecular weight excluding hydrogens is 531 g/mol. The van der Waals surface area contributed by atoms with Gasteiger partial charge in [-0.25, -0.2) is 0 Å². The summed E-state index contributed by atoms with van der Waals surface area (Å²) in [5.41, 5.74) is 4.76. The van der Waals surface area contributed by atoms with Crippen LogP contribution in [0.4, 0.5) is 5.69 Å². The average molecular weight is 566 g/mol. The van der Waals surface area contributed by atoms with Crippen LogP contribution in [0.15, 0.2) is 47.5 Å². The maximum atomic E-state index is 6.21. The van der Waals surface area contributed by atoms with Crippen molar-refractivity contribution in [1.82, 2.24) is 10.6 Å². The van der Waals surface area contributed by atoms with Gasteiger partial charge in [0.05, 0.1) is 26.4 Å². The highest BCUT2D eigenvalue weighted by Crippen LogP contribution is 2.24. The molecule has 33 heavy (non-hydrogen) atoms.